The minimum absolute atomic E-state index is 0.0174. The van der Waals surface area contributed by atoms with Crippen LogP contribution in [-0.4, -0.2) is 55.5 Å². The molecule has 1 amide bonds. The van der Waals surface area contributed by atoms with Gasteiger partial charge in [-0.3, -0.25) is 4.79 Å². The molecule has 0 bridgehead atoms. The minimum atomic E-state index is -0.0894. The summed E-state index contributed by atoms with van der Waals surface area (Å²) in [5, 5.41) is 11.8. The number of carbonyl (C=O) groups is 1. The molecule has 148 valence electrons. The molecular weight excluding hydrogens is 378 g/mol. The maximum atomic E-state index is 12.8. The van der Waals surface area contributed by atoms with Gasteiger partial charge in [0.05, 0.1) is 29.8 Å². The van der Waals surface area contributed by atoms with Gasteiger partial charge in [-0.1, -0.05) is 11.6 Å². The zero-order valence-electron chi connectivity index (χ0n) is 15.7. The number of morpholine rings is 1. The number of hydrogen-bond acceptors (Lipinski definition) is 6. The summed E-state index contributed by atoms with van der Waals surface area (Å²) in [5.41, 5.74) is 1.71. The highest BCUT2D eigenvalue weighted by molar-refractivity contribution is 6.33. The van der Waals surface area contributed by atoms with Crippen molar-refractivity contribution in [2.24, 2.45) is 5.92 Å². The molecule has 1 aromatic heterocycles. The molecule has 28 heavy (non-hydrogen) atoms. The first kappa shape index (κ1) is 19.0. The molecule has 1 N–H and O–H groups in total. The molecule has 2 saturated heterocycles. The van der Waals surface area contributed by atoms with E-state index in [0.29, 0.717) is 24.8 Å². The van der Waals surface area contributed by atoms with Crippen LogP contribution in [0.2, 0.25) is 5.02 Å². The summed E-state index contributed by atoms with van der Waals surface area (Å²) >= 11 is 6.48. The largest absolute Gasteiger partial charge is 0.378 e. The van der Waals surface area contributed by atoms with Gasteiger partial charge < -0.3 is 19.9 Å². The van der Waals surface area contributed by atoms with E-state index < -0.39 is 0 Å². The van der Waals surface area contributed by atoms with Gasteiger partial charge in [-0.05, 0) is 43.2 Å². The number of halogens is 1. The quantitative estimate of drug-likeness (QED) is 0.849. The van der Waals surface area contributed by atoms with E-state index in [4.69, 9.17) is 16.3 Å². The smallest absolute Gasteiger partial charge is 0.229 e. The second kappa shape index (κ2) is 8.75. The van der Waals surface area contributed by atoms with E-state index in [9.17, 15) is 4.79 Å². The van der Waals surface area contributed by atoms with Gasteiger partial charge in [0.15, 0.2) is 5.82 Å². The summed E-state index contributed by atoms with van der Waals surface area (Å²) in [6, 6.07) is 9.50. The van der Waals surface area contributed by atoms with Crippen LogP contribution in [0.4, 0.5) is 17.2 Å². The van der Waals surface area contributed by atoms with Crippen molar-refractivity contribution < 1.29 is 9.53 Å². The summed E-state index contributed by atoms with van der Waals surface area (Å²) < 4.78 is 5.39. The molecule has 0 saturated carbocycles. The molecule has 0 radical (unpaired) electrons. The number of ether oxygens (including phenoxy) is 1. The molecule has 2 aliphatic heterocycles. The summed E-state index contributed by atoms with van der Waals surface area (Å²) in [4.78, 5) is 17.1. The molecule has 2 fully saturated rings. The molecule has 1 aromatic carbocycles. The maximum absolute atomic E-state index is 12.8. The van der Waals surface area contributed by atoms with Gasteiger partial charge in [0.25, 0.3) is 0 Å². The van der Waals surface area contributed by atoms with Gasteiger partial charge >= 0.3 is 0 Å². The van der Waals surface area contributed by atoms with Gasteiger partial charge in [0.2, 0.25) is 5.91 Å². The Hall–Kier alpha value is -2.38. The van der Waals surface area contributed by atoms with E-state index in [-0.39, 0.29) is 11.8 Å². The molecule has 7 nitrogen and oxygen atoms in total. The van der Waals surface area contributed by atoms with Crippen molar-refractivity contribution in [1.29, 1.82) is 0 Å². The Morgan fingerprint density at radius 3 is 2.79 bits per heavy atom. The zero-order chi connectivity index (χ0) is 19.3. The molecule has 0 aliphatic carbocycles. The number of piperidine rings is 1. The van der Waals surface area contributed by atoms with Crippen LogP contribution >= 0.6 is 11.6 Å². The zero-order valence-corrected chi connectivity index (χ0v) is 16.4. The number of nitrogens with one attached hydrogen (secondary N) is 1. The summed E-state index contributed by atoms with van der Waals surface area (Å²) in [6.07, 6.45) is 3.47. The standard InChI is InChI=1S/C20H24ClN5O2/c21-17-13-16(5-6-18(17)25-9-11-28-12-10-25)23-20(27)15-3-2-8-26(14-15)19-4-1-7-22-24-19/h1,4-7,13,15H,2-3,8-12,14H2,(H,23,27)/t15-/m0/s1. The van der Waals surface area contributed by atoms with Crippen molar-refractivity contribution in [1.82, 2.24) is 10.2 Å². The normalized spacial score (nSPS) is 20.1. The van der Waals surface area contributed by atoms with Crippen molar-refractivity contribution in [3.05, 3.63) is 41.6 Å². The molecule has 8 heteroatoms. The molecule has 4 rings (SSSR count). The van der Waals surface area contributed by atoms with Gasteiger partial charge in [0.1, 0.15) is 0 Å². The van der Waals surface area contributed by atoms with Crippen LogP contribution in [0, 0.1) is 5.92 Å². The minimum Gasteiger partial charge on any atom is -0.378 e. The van der Waals surface area contributed by atoms with Crippen LogP contribution in [0.25, 0.3) is 0 Å². The lowest BCUT2D eigenvalue weighted by Crippen LogP contribution is -2.41. The second-order valence-corrected chi connectivity index (χ2v) is 7.53. The van der Waals surface area contributed by atoms with Crippen LogP contribution in [-0.2, 0) is 9.53 Å². The van der Waals surface area contributed by atoms with Crippen LogP contribution < -0.4 is 15.1 Å². The monoisotopic (exact) mass is 401 g/mol. The van der Waals surface area contributed by atoms with E-state index in [0.717, 1.165) is 49.7 Å². The molecular formula is C20H24ClN5O2. The van der Waals surface area contributed by atoms with Crippen molar-refractivity contribution in [2.45, 2.75) is 12.8 Å². The van der Waals surface area contributed by atoms with Crippen molar-refractivity contribution in [3.8, 4) is 0 Å². The van der Waals surface area contributed by atoms with Crippen LogP contribution in [0.1, 0.15) is 12.8 Å². The van der Waals surface area contributed by atoms with E-state index >= 15 is 0 Å². The number of hydrogen-bond donors (Lipinski definition) is 1. The third-order valence-corrected chi connectivity index (χ3v) is 5.54. The highest BCUT2D eigenvalue weighted by Crippen LogP contribution is 2.30. The van der Waals surface area contributed by atoms with E-state index in [1.165, 1.54) is 0 Å². The predicted octanol–water partition coefficient (Wildman–Crippen LogP) is 2.82. The molecule has 0 unspecified atom stereocenters. The number of rotatable bonds is 4. The number of amides is 1. The lowest BCUT2D eigenvalue weighted by Gasteiger charge is -2.32. The summed E-state index contributed by atoms with van der Waals surface area (Å²) in [5.74, 6) is 0.745. The first-order valence-electron chi connectivity index (χ1n) is 9.66. The average molecular weight is 402 g/mol. The van der Waals surface area contributed by atoms with Gasteiger partial charge in [-0.2, -0.15) is 5.10 Å². The molecule has 1 atom stereocenters. The molecule has 3 heterocycles. The summed E-state index contributed by atoms with van der Waals surface area (Å²) in [7, 11) is 0. The van der Waals surface area contributed by atoms with Crippen LogP contribution in [0.15, 0.2) is 36.5 Å². The Kier molecular flexibility index (Phi) is 5.92. The fraction of sp³-hybridized carbons (Fsp3) is 0.450. The lowest BCUT2D eigenvalue weighted by atomic mass is 9.97. The number of benzene rings is 1. The molecule has 0 spiro atoms. The SMILES string of the molecule is O=C(Nc1ccc(N2CCOCC2)c(Cl)c1)[C@H]1CCCN(c2cccnn2)C1. The number of nitrogens with zero attached hydrogens (tertiary/aromatic N) is 4. The average Bonchev–Trinajstić information content (AvgIpc) is 2.75. The Morgan fingerprint density at radius 1 is 1.18 bits per heavy atom. The Bertz CT molecular complexity index is 813. The second-order valence-electron chi connectivity index (χ2n) is 7.12. The highest BCUT2D eigenvalue weighted by Gasteiger charge is 2.27. The first-order chi connectivity index (χ1) is 13.7. The van der Waals surface area contributed by atoms with Gasteiger partial charge in [0, 0.05) is 38.1 Å². The Morgan fingerprint density at radius 2 is 2.04 bits per heavy atom. The fourth-order valence-electron chi connectivity index (χ4n) is 3.75. The van der Waals surface area contributed by atoms with E-state index in [2.05, 4.69) is 25.3 Å². The van der Waals surface area contributed by atoms with Crippen LogP contribution in [0.5, 0.6) is 0 Å². The van der Waals surface area contributed by atoms with Crippen LogP contribution in [0.3, 0.4) is 0 Å². The lowest BCUT2D eigenvalue weighted by molar-refractivity contribution is -0.120. The van der Waals surface area contributed by atoms with Crippen molar-refractivity contribution in [2.75, 3.05) is 54.5 Å². The molecule has 2 aromatic rings. The number of anilines is 3. The predicted molar refractivity (Wildman–Crippen MR) is 110 cm³/mol. The van der Waals surface area contributed by atoms with E-state index in [1.807, 2.05) is 30.3 Å². The maximum Gasteiger partial charge on any atom is 0.229 e. The van der Waals surface area contributed by atoms with Crippen molar-refractivity contribution >= 4 is 34.7 Å². The summed E-state index contributed by atoms with van der Waals surface area (Å²) in [6.45, 7) is 4.60. The number of carbonyl (C=O) groups excluding carboxylic acids is 1. The van der Waals surface area contributed by atoms with Crippen molar-refractivity contribution in [3.63, 3.8) is 0 Å². The third-order valence-electron chi connectivity index (χ3n) is 5.24. The third kappa shape index (κ3) is 4.36. The fourth-order valence-corrected chi connectivity index (χ4v) is 4.05. The Labute approximate surface area is 169 Å². The van der Waals surface area contributed by atoms with E-state index in [1.54, 1.807) is 6.20 Å². The van der Waals surface area contributed by atoms with Gasteiger partial charge in [-0.25, -0.2) is 0 Å². The molecule has 2 aliphatic rings. The topological polar surface area (TPSA) is 70.6 Å². The van der Waals surface area contributed by atoms with Gasteiger partial charge in [-0.15, -0.1) is 5.10 Å². The number of aromatic nitrogens is 2. The highest BCUT2D eigenvalue weighted by atomic mass is 35.5. The first-order valence-corrected chi connectivity index (χ1v) is 10.0. The Balaban J connectivity index is 1.39.